The second-order valence-electron chi connectivity index (χ2n) is 12.5. The molecule has 34 heavy (non-hydrogen) atoms. The predicted octanol–water partition coefficient (Wildman–Crippen LogP) is 8.79. The van der Waals surface area contributed by atoms with Gasteiger partial charge in [0.15, 0.2) is 0 Å². The highest BCUT2D eigenvalue weighted by Crippen LogP contribution is 2.57. The van der Waals surface area contributed by atoms with Crippen molar-refractivity contribution in [2.24, 2.45) is 41.4 Å². The third kappa shape index (κ3) is 6.60. The molecule has 0 N–H and O–H groups in total. The highest BCUT2D eigenvalue weighted by molar-refractivity contribution is 5.08. The van der Waals surface area contributed by atoms with E-state index >= 15 is 0 Å². The summed E-state index contributed by atoms with van der Waals surface area (Å²) in [5.41, 5.74) is 0.263. The van der Waals surface area contributed by atoms with Crippen molar-refractivity contribution >= 4 is 0 Å². The molecule has 4 rings (SSSR count). The molecule has 8 unspecified atom stereocenters. The average Bonchev–Trinajstić information content (AvgIpc) is 3.43. The van der Waals surface area contributed by atoms with Crippen LogP contribution in [0.25, 0.3) is 0 Å². The molecular formula is C31H62O3. The van der Waals surface area contributed by atoms with Crippen molar-refractivity contribution in [2.45, 2.75) is 152 Å². The van der Waals surface area contributed by atoms with Crippen LogP contribution in [0.3, 0.4) is 0 Å². The second-order valence-corrected chi connectivity index (χ2v) is 12.5. The van der Waals surface area contributed by atoms with E-state index < -0.39 is 0 Å². The van der Waals surface area contributed by atoms with Crippen LogP contribution in [0.4, 0.5) is 0 Å². The Labute approximate surface area is 214 Å². The van der Waals surface area contributed by atoms with Crippen molar-refractivity contribution in [1.82, 2.24) is 0 Å². The average molecular weight is 483 g/mol. The Morgan fingerprint density at radius 3 is 1.56 bits per heavy atom. The molecule has 4 aliphatic rings. The van der Waals surface area contributed by atoms with Gasteiger partial charge < -0.3 is 14.2 Å². The van der Waals surface area contributed by atoms with E-state index in [2.05, 4.69) is 69.2 Å². The largest absolute Gasteiger partial charge is 0.372 e. The van der Waals surface area contributed by atoms with Crippen LogP contribution in [0, 0.1) is 41.4 Å². The third-order valence-corrected chi connectivity index (χ3v) is 8.30. The van der Waals surface area contributed by atoms with E-state index in [1.165, 1.54) is 19.3 Å². The van der Waals surface area contributed by atoms with Crippen molar-refractivity contribution in [3.63, 3.8) is 0 Å². The molecule has 3 heterocycles. The zero-order valence-corrected chi connectivity index (χ0v) is 25.5. The van der Waals surface area contributed by atoms with E-state index in [9.17, 15) is 0 Å². The molecule has 0 aromatic carbocycles. The van der Waals surface area contributed by atoms with Crippen molar-refractivity contribution in [3.8, 4) is 0 Å². The number of hydrogen-bond acceptors (Lipinski definition) is 3. The normalized spacial score (nSPS) is 39.7. The monoisotopic (exact) mass is 482 g/mol. The molecule has 3 aliphatic heterocycles. The Kier molecular flexibility index (Phi) is 12.6. The lowest BCUT2D eigenvalue weighted by atomic mass is 9.76. The van der Waals surface area contributed by atoms with Crippen molar-refractivity contribution in [1.29, 1.82) is 0 Å². The van der Waals surface area contributed by atoms with Crippen LogP contribution in [0.5, 0.6) is 0 Å². The van der Waals surface area contributed by atoms with E-state index in [-0.39, 0.29) is 17.3 Å². The van der Waals surface area contributed by atoms with Gasteiger partial charge in [-0.15, -0.1) is 0 Å². The standard InChI is InChI=1S/C14H26O.C13H24O2.2C2H6/c1-9(2)8-14-7-6-12(11(5)15-14)13(14)10(3)4;1-8(2)6-13-7-14-12(10(5)15-13)11(13)9(3)4;2*1-2/h9-13H,6-8H2,1-5H3;8-12H,6-7H2,1-5H3;2*1-2H3. The number of hydrogen-bond donors (Lipinski definition) is 0. The maximum absolute atomic E-state index is 6.33. The molecule has 4 bridgehead atoms. The number of fused-ring (bicyclic) bond motifs is 4. The fraction of sp³-hybridized carbons (Fsp3) is 1.00. The number of rotatable bonds is 6. The van der Waals surface area contributed by atoms with Crippen LogP contribution in [-0.4, -0.2) is 36.1 Å². The van der Waals surface area contributed by atoms with Gasteiger partial charge in [0, 0.05) is 5.92 Å². The fourth-order valence-corrected chi connectivity index (χ4v) is 7.98. The van der Waals surface area contributed by atoms with Gasteiger partial charge in [0.25, 0.3) is 0 Å². The first-order valence-electron chi connectivity index (χ1n) is 14.9. The zero-order chi connectivity index (χ0) is 26.4. The first-order valence-corrected chi connectivity index (χ1v) is 14.9. The highest BCUT2D eigenvalue weighted by Gasteiger charge is 2.60. The zero-order valence-electron chi connectivity index (χ0n) is 25.5. The topological polar surface area (TPSA) is 27.7 Å². The summed E-state index contributed by atoms with van der Waals surface area (Å²) in [6.45, 7) is 31.8. The smallest absolute Gasteiger partial charge is 0.0978 e. The van der Waals surface area contributed by atoms with E-state index in [4.69, 9.17) is 14.2 Å². The van der Waals surface area contributed by atoms with Crippen LogP contribution < -0.4 is 0 Å². The van der Waals surface area contributed by atoms with Crippen LogP contribution in [-0.2, 0) is 14.2 Å². The van der Waals surface area contributed by atoms with E-state index in [0.29, 0.717) is 30.0 Å². The summed E-state index contributed by atoms with van der Waals surface area (Å²) in [5, 5.41) is 0. The van der Waals surface area contributed by atoms with Crippen molar-refractivity contribution in [3.05, 3.63) is 0 Å². The minimum Gasteiger partial charge on any atom is -0.372 e. The van der Waals surface area contributed by atoms with Gasteiger partial charge in [-0.05, 0) is 75.0 Å². The van der Waals surface area contributed by atoms with Crippen LogP contribution in [0.1, 0.15) is 123 Å². The highest BCUT2D eigenvalue weighted by atomic mass is 16.6. The number of ether oxygens (including phenoxy) is 3. The molecular weight excluding hydrogens is 420 g/mol. The maximum Gasteiger partial charge on any atom is 0.0978 e. The van der Waals surface area contributed by atoms with E-state index in [1.54, 1.807) is 0 Å². The molecule has 0 aromatic rings. The first-order chi connectivity index (χ1) is 15.9. The molecule has 3 nitrogen and oxygen atoms in total. The Bertz CT molecular complexity index is 521. The van der Waals surface area contributed by atoms with Gasteiger partial charge in [0.2, 0.25) is 0 Å². The van der Waals surface area contributed by atoms with E-state index in [0.717, 1.165) is 36.7 Å². The fourth-order valence-electron chi connectivity index (χ4n) is 7.98. The summed E-state index contributed by atoms with van der Waals surface area (Å²) in [6.07, 6.45) is 6.23. The van der Waals surface area contributed by atoms with Crippen LogP contribution >= 0.6 is 0 Å². The summed E-state index contributed by atoms with van der Waals surface area (Å²) in [6, 6.07) is 0. The SMILES string of the molecule is CC.CC.CC(C)CC12CCC(C(C)O1)C2C(C)C.CC(C)CC12COC(C(C)O1)C2C(C)C. The maximum atomic E-state index is 6.33. The van der Waals surface area contributed by atoms with Crippen molar-refractivity contribution in [2.75, 3.05) is 6.61 Å². The lowest BCUT2D eigenvalue weighted by Gasteiger charge is -2.35. The molecule has 3 saturated heterocycles. The second kappa shape index (κ2) is 13.4. The lowest BCUT2D eigenvalue weighted by Crippen LogP contribution is -2.40. The summed E-state index contributed by atoms with van der Waals surface area (Å²) >= 11 is 0. The molecule has 0 radical (unpaired) electrons. The molecule has 1 aliphatic carbocycles. The Hall–Kier alpha value is -0.120. The van der Waals surface area contributed by atoms with Gasteiger partial charge in [-0.1, -0.05) is 83.1 Å². The van der Waals surface area contributed by atoms with Crippen molar-refractivity contribution < 1.29 is 14.2 Å². The first kappa shape index (κ1) is 31.9. The lowest BCUT2D eigenvalue weighted by molar-refractivity contribution is -0.143. The van der Waals surface area contributed by atoms with Crippen LogP contribution in [0.2, 0.25) is 0 Å². The van der Waals surface area contributed by atoms with Gasteiger partial charge in [0.1, 0.15) is 0 Å². The van der Waals surface area contributed by atoms with E-state index in [1.807, 2.05) is 27.7 Å². The molecule has 0 aromatic heterocycles. The molecule has 0 amide bonds. The molecule has 3 heteroatoms. The third-order valence-electron chi connectivity index (χ3n) is 8.30. The minimum atomic E-state index is 0.0203. The summed E-state index contributed by atoms with van der Waals surface area (Å²) in [4.78, 5) is 0. The molecule has 8 atom stereocenters. The summed E-state index contributed by atoms with van der Waals surface area (Å²) < 4.78 is 18.5. The molecule has 204 valence electrons. The summed E-state index contributed by atoms with van der Waals surface area (Å²) in [5.74, 6) is 5.12. The summed E-state index contributed by atoms with van der Waals surface area (Å²) in [7, 11) is 0. The molecule has 1 saturated carbocycles. The Balaban J connectivity index is 0.000000297. The van der Waals surface area contributed by atoms with Gasteiger partial charge in [-0.25, -0.2) is 0 Å². The van der Waals surface area contributed by atoms with Gasteiger partial charge in [-0.2, -0.15) is 0 Å². The molecule has 4 fully saturated rings. The Morgan fingerprint density at radius 1 is 0.676 bits per heavy atom. The van der Waals surface area contributed by atoms with Gasteiger partial charge in [0.05, 0.1) is 36.1 Å². The van der Waals surface area contributed by atoms with Crippen LogP contribution in [0.15, 0.2) is 0 Å². The Morgan fingerprint density at radius 2 is 1.15 bits per heavy atom. The minimum absolute atomic E-state index is 0.0203. The van der Waals surface area contributed by atoms with Gasteiger partial charge in [-0.3, -0.25) is 0 Å². The quantitative estimate of drug-likeness (QED) is 0.378. The van der Waals surface area contributed by atoms with Gasteiger partial charge >= 0.3 is 0 Å². The predicted molar refractivity (Wildman–Crippen MR) is 147 cm³/mol. The molecule has 0 spiro atoms.